The van der Waals surface area contributed by atoms with Crippen LogP contribution in [-0.4, -0.2) is 0 Å². The Bertz CT molecular complexity index is 369. The van der Waals surface area contributed by atoms with Crippen molar-refractivity contribution in [3.63, 3.8) is 0 Å². The molecule has 0 spiro atoms. The molecule has 0 heterocycles. The Morgan fingerprint density at radius 2 is 1.81 bits per heavy atom. The van der Waals surface area contributed by atoms with E-state index in [9.17, 15) is 0 Å². The van der Waals surface area contributed by atoms with Crippen molar-refractivity contribution in [2.24, 2.45) is 5.41 Å². The SMILES string of the molecule is Cc1cc(C2CCC(C)(C)CC2)ccc1Br. The molecule has 0 N–H and O–H groups in total. The second kappa shape index (κ2) is 4.52. The third-order valence-electron chi connectivity index (χ3n) is 3.99. The molecule has 1 aromatic rings. The molecule has 0 aromatic heterocycles. The first-order chi connectivity index (χ1) is 7.48. The van der Waals surface area contributed by atoms with Gasteiger partial charge in [-0.2, -0.15) is 0 Å². The number of rotatable bonds is 1. The largest absolute Gasteiger partial charge is 0.0599 e. The highest BCUT2D eigenvalue weighted by Gasteiger charge is 2.27. The van der Waals surface area contributed by atoms with Crippen LogP contribution in [0, 0.1) is 12.3 Å². The Morgan fingerprint density at radius 1 is 1.19 bits per heavy atom. The van der Waals surface area contributed by atoms with Crippen LogP contribution in [-0.2, 0) is 0 Å². The van der Waals surface area contributed by atoms with E-state index >= 15 is 0 Å². The minimum atomic E-state index is 0.570. The Balaban J connectivity index is 2.11. The lowest BCUT2D eigenvalue weighted by Gasteiger charge is -2.34. The molecule has 0 nitrogen and oxygen atoms in total. The summed E-state index contributed by atoms with van der Waals surface area (Å²) in [7, 11) is 0. The van der Waals surface area contributed by atoms with Crippen LogP contribution in [0.5, 0.6) is 0 Å². The molecule has 0 saturated heterocycles. The molecule has 1 saturated carbocycles. The highest BCUT2D eigenvalue weighted by molar-refractivity contribution is 9.10. The van der Waals surface area contributed by atoms with E-state index in [1.165, 1.54) is 41.3 Å². The van der Waals surface area contributed by atoms with Gasteiger partial charge in [0, 0.05) is 4.47 Å². The van der Waals surface area contributed by atoms with E-state index in [1.807, 2.05) is 0 Å². The lowest BCUT2D eigenvalue weighted by molar-refractivity contribution is 0.224. The van der Waals surface area contributed by atoms with E-state index in [4.69, 9.17) is 0 Å². The summed E-state index contributed by atoms with van der Waals surface area (Å²) in [6.45, 7) is 6.98. The van der Waals surface area contributed by atoms with Gasteiger partial charge in [-0.15, -0.1) is 0 Å². The van der Waals surface area contributed by atoms with Crippen LogP contribution in [0.25, 0.3) is 0 Å². The minimum Gasteiger partial charge on any atom is -0.0599 e. The van der Waals surface area contributed by atoms with Crippen molar-refractivity contribution in [3.05, 3.63) is 33.8 Å². The predicted molar refractivity (Wildman–Crippen MR) is 73.9 cm³/mol. The molecule has 1 fully saturated rings. The van der Waals surface area contributed by atoms with Crippen LogP contribution < -0.4 is 0 Å². The van der Waals surface area contributed by atoms with Crippen LogP contribution >= 0.6 is 15.9 Å². The summed E-state index contributed by atoms with van der Waals surface area (Å²) in [6, 6.07) is 6.84. The third kappa shape index (κ3) is 2.68. The third-order valence-corrected chi connectivity index (χ3v) is 4.88. The van der Waals surface area contributed by atoms with E-state index in [1.54, 1.807) is 0 Å². The van der Waals surface area contributed by atoms with Crippen molar-refractivity contribution >= 4 is 15.9 Å². The standard InChI is InChI=1S/C15H21Br/c1-11-10-13(4-5-14(11)16)12-6-8-15(2,3)9-7-12/h4-5,10,12H,6-9H2,1-3H3. The van der Waals surface area contributed by atoms with Gasteiger partial charge in [-0.1, -0.05) is 41.9 Å². The van der Waals surface area contributed by atoms with Crippen molar-refractivity contribution in [2.75, 3.05) is 0 Å². The van der Waals surface area contributed by atoms with Crippen LogP contribution in [0.3, 0.4) is 0 Å². The van der Waals surface area contributed by atoms with Gasteiger partial charge in [-0.05, 0) is 61.1 Å². The van der Waals surface area contributed by atoms with E-state index in [0.29, 0.717) is 5.41 Å². The molecule has 1 aliphatic rings. The highest BCUT2D eigenvalue weighted by atomic mass is 79.9. The fraction of sp³-hybridized carbons (Fsp3) is 0.600. The molecule has 0 bridgehead atoms. The van der Waals surface area contributed by atoms with E-state index in [-0.39, 0.29) is 0 Å². The smallest absolute Gasteiger partial charge is 0.0204 e. The van der Waals surface area contributed by atoms with Crippen LogP contribution in [0.15, 0.2) is 22.7 Å². The summed E-state index contributed by atoms with van der Waals surface area (Å²) >= 11 is 3.57. The first-order valence-electron chi connectivity index (χ1n) is 6.24. The second-order valence-electron chi connectivity index (χ2n) is 5.95. The van der Waals surface area contributed by atoms with E-state index < -0.39 is 0 Å². The summed E-state index contributed by atoms with van der Waals surface area (Å²) in [5, 5.41) is 0. The molecule has 0 amide bonds. The van der Waals surface area contributed by atoms with Crippen LogP contribution in [0.4, 0.5) is 0 Å². The maximum absolute atomic E-state index is 3.57. The topological polar surface area (TPSA) is 0 Å². The molecular weight excluding hydrogens is 260 g/mol. The maximum Gasteiger partial charge on any atom is 0.0204 e. The maximum atomic E-state index is 3.57. The van der Waals surface area contributed by atoms with E-state index in [0.717, 1.165) is 5.92 Å². The molecule has 0 radical (unpaired) electrons. The van der Waals surface area contributed by atoms with Crippen molar-refractivity contribution in [1.29, 1.82) is 0 Å². The van der Waals surface area contributed by atoms with Gasteiger partial charge in [0.05, 0.1) is 0 Å². The normalized spacial score (nSPS) is 21.0. The zero-order valence-electron chi connectivity index (χ0n) is 10.5. The average Bonchev–Trinajstić information content (AvgIpc) is 2.22. The molecule has 16 heavy (non-hydrogen) atoms. The lowest BCUT2D eigenvalue weighted by Crippen LogP contribution is -2.20. The van der Waals surface area contributed by atoms with Gasteiger partial charge in [0.15, 0.2) is 0 Å². The zero-order chi connectivity index (χ0) is 11.8. The van der Waals surface area contributed by atoms with Gasteiger partial charge in [0.2, 0.25) is 0 Å². The second-order valence-corrected chi connectivity index (χ2v) is 6.80. The molecule has 88 valence electrons. The molecule has 1 heteroatoms. The molecule has 0 unspecified atom stereocenters. The van der Waals surface area contributed by atoms with Gasteiger partial charge in [-0.3, -0.25) is 0 Å². The minimum absolute atomic E-state index is 0.570. The molecule has 2 rings (SSSR count). The summed E-state index contributed by atoms with van der Waals surface area (Å²) in [5.74, 6) is 0.792. The van der Waals surface area contributed by atoms with Crippen LogP contribution in [0.1, 0.15) is 56.6 Å². The number of hydrogen-bond acceptors (Lipinski definition) is 0. The molecule has 0 aliphatic heterocycles. The highest BCUT2D eigenvalue weighted by Crippen LogP contribution is 2.42. The van der Waals surface area contributed by atoms with Crippen molar-refractivity contribution in [3.8, 4) is 0 Å². The molecule has 1 aromatic carbocycles. The first kappa shape index (κ1) is 12.2. The fourth-order valence-corrected chi connectivity index (χ4v) is 2.90. The van der Waals surface area contributed by atoms with Crippen molar-refractivity contribution in [2.45, 2.75) is 52.4 Å². The average molecular weight is 281 g/mol. The summed E-state index contributed by atoms with van der Waals surface area (Å²) < 4.78 is 1.23. The number of benzene rings is 1. The van der Waals surface area contributed by atoms with E-state index in [2.05, 4.69) is 54.9 Å². The lowest BCUT2D eigenvalue weighted by atomic mass is 9.71. The zero-order valence-corrected chi connectivity index (χ0v) is 12.1. The van der Waals surface area contributed by atoms with Gasteiger partial charge >= 0.3 is 0 Å². The Kier molecular flexibility index (Phi) is 3.44. The van der Waals surface area contributed by atoms with Gasteiger partial charge < -0.3 is 0 Å². The van der Waals surface area contributed by atoms with Gasteiger partial charge in [-0.25, -0.2) is 0 Å². The summed E-state index contributed by atoms with van der Waals surface area (Å²) in [4.78, 5) is 0. The summed E-state index contributed by atoms with van der Waals surface area (Å²) in [6.07, 6.45) is 5.45. The fourth-order valence-electron chi connectivity index (χ4n) is 2.65. The number of halogens is 1. The quantitative estimate of drug-likeness (QED) is 0.643. The Labute approximate surface area is 108 Å². The predicted octanol–water partition coefficient (Wildman–Crippen LogP) is 5.44. The monoisotopic (exact) mass is 280 g/mol. The Hall–Kier alpha value is -0.300. The van der Waals surface area contributed by atoms with Crippen molar-refractivity contribution in [1.82, 2.24) is 0 Å². The molecule has 0 atom stereocenters. The summed E-state index contributed by atoms with van der Waals surface area (Å²) in [5.41, 5.74) is 3.47. The Morgan fingerprint density at radius 3 is 2.38 bits per heavy atom. The number of aryl methyl sites for hydroxylation is 1. The van der Waals surface area contributed by atoms with Gasteiger partial charge in [0.25, 0.3) is 0 Å². The molecular formula is C15H21Br. The van der Waals surface area contributed by atoms with Crippen LogP contribution in [0.2, 0.25) is 0 Å². The first-order valence-corrected chi connectivity index (χ1v) is 7.03. The van der Waals surface area contributed by atoms with Gasteiger partial charge in [0.1, 0.15) is 0 Å². The molecule has 1 aliphatic carbocycles. The van der Waals surface area contributed by atoms with Crippen molar-refractivity contribution < 1.29 is 0 Å². The number of hydrogen-bond donors (Lipinski definition) is 0.